The Morgan fingerprint density at radius 2 is 1.91 bits per heavy atom. The molecule has 180 valence electrons. The van der Waals surface area contributed by atoms with Gasteiger partial charge in [0.25, 0.3) is 5.91 Å². The molecular weight excluding hydrogens is 457 g/mol. The van der Waals surface area contributed by atoms with E-state index in [1.54, 1.807) is 6.07 Å². The molecule has 1 fully saturated rings. The fraction of sp³-hybridized carbons (Fsp3) is 0.435. The molecule has 3 atom stereocenters. The molecule has 6 nitrogen and oxygen atoms in total. The minimum absolute atomic E-state index is 0.0115. The zero-order valence-corrected chi connectivity index (χ0v) is 19.1. The van der Waals surface area contributed by atoms with Crippen LogP contribution in [0.5, 0.6) is 0 Å². The number of halogens is 3. The first-order chi connectivity index (χ1) is 15.5. The molecule has 2 aromatic carbocycles. The summed E-state index contributed by atoms with van der Waals surface area (Å²) in [7, 11) is 0. The van der Waals surface area contributed by atoms with E-state index in [2.05, 4.69) is 4.72 Å². The summed E-state index contributed by atoms with van der Waals surface area (Å²) in [5.74, 6) is -3.20. The van der Waals surface area contributed by atoms with Gasteiger partial charge in [0, 0.05) is 42.0 Å². The molecule has 0 aromatic heterocycles. The minimum atomic E-state index is -2.50. The quantitative estimate of drug-likeness (QED) is 0.592. The predicted molar refractivity (Wildman–Crippen MR) is 117 cm³/mol. The lowest BCUT2D eigenvalue weighted by atomic mass is 9.83. The van der Waals surface area contributed by atoms with Gasteiger partial charge in [0.05, 0.1) is 0 Å². The average molecular weight is 484 g/mol. The molecular formula is C23H26F3N2O4S-. The van der Waals surface area contributed by atoms with Gasteiger partial charge < -0.3 is 14.6 Å². The van der Waals surface area contributed by atoms with Crippen molar-refractivity contribution in [3.8, 4) is 11.1 Å². The standard InChI is InChI=1S/C23H27F3N2O4S/c1-23(2,30)22(29)28-8-4-6-15(13-27-33(31)32)20(28)11-14-5-3-7-19(21(14)26)16-9-17(24)12-18(25)10-16/h3,5,7,9-10,12,15,20,27,30H,4,6,8,11,13H2,1-2H3,(H,31,32)/p-1/t15-,20-/m0/s1. The SMILES string of the molecule is CC(C)(O)C(=O)N1CCC[C@@H](CNS(=O)[O-])[C@@H]1Cc1cccc(-c2cc(F)cc(F)c2)c1F. The lowest BCUT2D eigenvalue weighted by molar-refractivity contribution is -0.153. The van der Waals surface area contributed by atoms with Gasteiger partial charge in [0.2, 0.25) is 0 Å². The maximum atomic E-state index is 15.5. The average Bonchev–Trinajstić information content (AvgIpc) is 2.72. The van der Waals surface area contributed by atoms with E-state index < -0.39 is 46.3 Å². The maximum absolute atomic E-state index is 15.5. The smallest absolute Gasteiger partial charge is 0.254 e. The molecule has 10 heteroatoms. The Morgan fingerprint density at radius 1 is 1.24 bits per heavy atom. The van der Waals surface area contributed by atoms with Crippen molar-refractivity contribution in [1.29, 1.82) is 0 Å². The predicted octanol–water partition coefficient (Wildman–Crippen LogP) is 3.08. The zero-order chi connectivity index (χ0) is 24.3. The first-order valence-corrected chi connectivity index (χ1v) is 11.6. The van der Waals surface area contributed by atoms with Gasteiger partial charge in [-0.2, -0.15) is 0 Å². The molecule has 0 saturated carbocycles. The van der Waals surface area contributed by atoms with Crippen LogP contribution in [-0.4, -0.2) is 49.4 Å². The Hall–Kier alpha value is -2.27. The third kappa shape index (κ3) is 6.20. The topological polar surface area (TPSA) is 92.7 Å². The summed E-state index contributed by atoms with van der Waals surface area (Å²) in [4.78, 5) is 14.4. The molecule has 3 rings (SSSR count). The maximum Gasteiger partial charge on any atom is 0.254 e. The van der Waals surface area contributed by atoms with Crippen LogP contribution >= 0.6 is 0 Å². The van der Waals surface area contributed by atoms with Crippen LogP contribution in [0.4, 0.5) is 13.2 Å². The lowest BCUT2D eigenvalue weighted by Crippen LogP contribution is -2.57. The second kappa shape index (κ2) is 10.3. The van der Waals surface area contributed by atoms with Gasteiger partial charge in [-0.05, 0) is 62.3 Å². The normalized spacial score (nSPS) is 20.0. The summed E-state index contributed by atoms with van der Waals surface area (Å²) < 4.78 is 67.2. The van der Waals surface area contributed by atoms with Crippen LogP contribution < -0.4 is 4.72 Å². The van der Waals surface area contributed by atoms with E-state index in [-0.39, 0.29) is 35.6 Å². The van der Waals surface area contributed by atoms with E-state index in [1.807, 2.05) is 0 Å². The highest BCUT2D eigenvalue weighted by atomic mass is 32.2. The first kappa shape index (κ1) is 25.4. The van der Waals surface area contributed by atoms with Crippen LogP contribution in [0.3, 0.4) is 0 Å². The van der Waals surface area contributed by atoms with Gasteiger partial charge in [0.15, 0.2) is 0 Å². The molecule has 2 N–H and O–H groups in total. The van der Waals surface area contributed by atoms with E-state index in [9.17, 15) is 27.4 Å². The van der Waals surface area contributed by atoms with Crippen molar-refractivity contribution < 1.29 is 31.8 Å². The largest absolute Gasteiger partial charge is 0.760 e. The zero-order valence-electron chi connectivity index (χ0n) is 18.3. The number of nitrogens with one attached hydrogen (secondary N) is 1. The molecule has 33 heavy (non-hydrogen) atoms. The number of amides is 1. The van der Waals surface area contributed by atoms with Gasteiger partial charge in [-0.25, -0.2) is 17.9 Å². The van der Waals surface area contributed by atoms with Gasteiger partial charge in [-0.15, -0.1) is 0 Å². The number of carbonyl (C=O) groups excluding carboxylic acids is 1. The summed E-state index contributed by atoms with van der Waals surface area (Å²) in [5.41, 5.74) is -1.39. The number of likely N-dealkylation sites (tertiary alicyclic amines) is 1. The van der Waals surface area contributed by atoms with Crippen LogP contribution in [0, 0.1) is 23.4 Å². The Balaban J connectivity index is 1.98. The van der Waals surface area contributed by atoms with Gasteiger partial charge in [-0.3, -0.25) is 9.00 Å². The van der Waals surface area contributed by atoms with E-state index in [0.717, 1.165) is 12.1 Å². The number of aliphatic hydroxyl groups is 1. The van der Waals surface area contributed by atoms with Crippen LogP contribution in [0.25, 0.3) is 11.1 Å². The number of nitrogens with zero attached hydrogens (tertiary/aromatic N) is 1. The summed E-state index contributed by atoms with van der Waals surface area (Å²) >= 11 is -2.50. The van der Waals surface area contributed by atoms with Crippen molar-refractivity contribution >= 4 is 17.2 Å². The highest BCUT2D eigenvalue weighted by Crippen LogP contribution is 2.32. The Kier molecular flexibility index (Phi) is 7.94. The number of rotatable bonds is 7. The molecule has 1 heterocycles. The minimum Gasteiger partial charge on any atom is -0.760 e. The Morgan fingerprint density at radius 3 is 2.52 bits per heavy atom. The lowest BCUT2D eigenvalue weighted by Gasteiger charge is -2.44. The highest BCUT2D eigenvalue weighted by Gasteiger charge is 2.39. The Bertz CT molecular complexity index is 1020. The van der Waals surface area contributed by atoms with Crippen LogP contribution in [0.1, 0.15) is 32.3 Å². The Labute approximate surface area is 193 Å². The molecule has 0 bridgehead atoms. The van der Waals surface area contributed by atoms with E-state index in [4.69, 9.17) is 0 Å². The summed E-state index contributed by atoms with van der Waals surface area (Å²) in [6, 6.07) is 6.66. The molecule has 1 aliphatic rings. The van der Waals surface area contributed by atoms with Crippen molar-refractivity contribution in [3.05, 3.63) is 59.4 Å². The van der Waals surface area contributed by atoms with Crippen LogP contribution in [0.15, 0.2) is 36.4 Å². The summed E-state index contributed by atoms with van der Waals surface area (Å²) in [6.07, 6.45) is 1.24. The second-order valence-electron chi connectivity index (χ2n) is 8.75. The first-order valence-electron chi connectivity index (χ1n) is 10.6. The number of hydrogen-bond acceptors (Lipinski definition) is 4. The van der Waals surface area contributed by atoms with Crippen molar-refractivity contribution in [1.82, 2.24) is 9.62 Å². The van der Waals surface area contributed by atoms with Gasteiger partial charge >= 0.3 is 0 Å². The number of carbonyl (C=O) groups is 1. The van der Waals surface area contributed by atoms with Crippen molar-refractivity contribution in [2.75, 3.05) is 13.1 Å². The third-order valence-corrected chi connectivity index (χ3v) is 6.25. The second-order valence-corrected chi connectivity index (χ2v) is 9.51. The van der Waals surface area contributed by atoms with Crippen LogP contribution in [0.2, 0.25) is 0 Å². The summed E-state index contributed by atoms with van der Waals surface area (Å²) in [6.45, 7) is 3.11. The monoisotopic (exact) mass is 483 g/mol. The third-order valence-electron chi connectivity index (χ3n) is 5.85. The van der Waals surface area contributed by atoms with E-state index in [0.29, 0.717) is 25.5 Å². The number of piperidine rings is 1. The van der Waals surface area contributed by atoms with E-state index in [1.165, 1.54) is 30.9 Å². The summed E-state index contributed by atoms with van der Waals surface area (Å²) in [5, 5.41) is 10.3. The number of benzene rings is 2. The van der Waals surface area contributed by atoms with Crippen LogP contribution in [-0.2, 0) is 22.5 Å². The molecule has 0 aliphatic carbocycles. The van der Waals surface area contributed by atoms with Crippen molar-refractivity contribution in [3.63, 3.8) is 0 Å². The highest BCUT2D eigenvalue weighted by molar-refractivity contribution is 7.77. The molecule has 0 spiro atoms. The molecule has 1 saturated heterocycles. The fourth-order valence-corrected chi connectivity index (χ4v) is 4.68. The molecule has 1 amide bonds. The van der Waals surface area contributed by atoms with Gasteiger partial charge in [0.1, 0.15) is 23.1 Å². The molecule has 0 radical (unpaired) electrons. The van der Waals surface area contributed by atoms with Crippen molar-refractivity contribution in [2.45, 2.75) is 44.8 Å². The molecule has 2 aromatic rings. The van der Waals surface area contributed by atoms with Gasteiger partial charge in [-0.1, -0.05) is 18.2 Å². The molecule has 1 unspecified atom stereocenters. The van der Waals surface area contributed by atoms with E-state index >= 15 is 4.39 Å². The fourth-order valence-electron chi connectivity index (χ4n) is 4.33. The number of hydrogen-bond donors (Lipinski definition) is 2. The van der Waals surface area contributed by atoms with Crippen molar-refractivity contribution in [2.24, 2.45) is 5.92 Å². The molecule has 1 aliphatic heterocycles.